The van der Waals surface area contributed by atoms with E-state index in [4.69, 9.17) is 4.99 Å². The molecule has 0 spiro atoms. The van der Waals surface area contributed by atoms with Crippen molar-refractivity contribution in [2.24, 2.45) is 4.99 Å². The van der Waals surface area contributed by atoms with Crippen molar-refractivity contribution in [3.8, 4) is 0 Å². The normalized spacial score (nSPS) is 11.9. The van der Waals surface area contributed by atoms with Gasteiger partial charge in [0, 0.05) is 31.9 Å². The minimum atomic E-state index is 0.677. The van der Waals surface area contributed by atoms with E-state index in [1.807, 2.05) is 6.92 Å². The third kappa shape index (κ3) is 7.35. The third-order valence-electron chi connectivity index (χ3n) is 4.69. The number of aryl methyl sites for hydroxylation is 3. The van der Waals surface area contributed by atoms with Gasteiger partial charge in [-0.1, -0.05) is 31.2 Å². The molecule has 1 heterocycles. The Morgan fingerprint density at radius 2 is 1.93 bits per heavy atom. The third-order valence-corrected chi connectivity index (χ3v) is 4.69. The summed E-state index contributed by atoms with van der Waals surface area (Å²) in [6, 6.07) is 10.8. The van der Waals surface area contributed by atoms with Crippen LogP contribution in [0.25, 0.3) is 0 Å². The smallest absolute Gasteiger partial charge is 0.191 e. The van der Waals surface area contributed by atoms with Crippen LogP contribution in [0.1, 0.15) is 42.8 Å². The fourth-order valence-electron chi connectivity index (χ4n) is 3.10. The highest BCUT2D eigenvalue weighted by Gasteiger charge is 2.03. The number of guanidine groups is 1. The predicted molar refractivity (Wildman–Crippen MR) is 118 cm³/mol. The van der Waals surface area contributed by atoms with Gasteiger partial charge in [-0.2, -0.15) is 5.10 Å². The number of benzene rings is 1. The van der Waals surface area contributed by atoms with E-state index in [1.54, 1.807) is 0 Å². The Morgan fingerprint density at radius 3 is 2.61 bits per heavy atom. The minimum absolute atomic E-state index is 0.677. The van der Waals surface area contributed by atoms with Crippen molar-refractivity contribution >= 4 is 5.96 Å². The van der Waals surface area contributed by atoms with Crippen LogP contribution in [-0.2, 0) is 19.6 Å². The van der Waals surface area contributed by atoms with E-state index in [1.165, 1.54) is 16.8 Å². The lowest BCUT2D eigenvalue weighted by atomic mass is 10.1. The van der Waals surface area contributed by atoms with Gasteiger partial charge in [0.05, 0.1) is 12.2 Å². The van der Waals surface area contributed by atoms with Crippen LogP contribution < -0.4 is 10.6 Å². The fourth-order valence-corrected chi connectivity index (χ4v) is 3.10. The molecule has 0 atom stereocenters. The second-order valence-electron chi connectivity index (χ2n) is 7.28. The number of aromatic nitrogens is 2. The van der Waals surface area contributed by atoms with Crippen molar-refractivity contribution in [1.82, 2.24) is 25.3 Å². The van der Waals surface area contributed by atoms with Crippen LogP contribution in [0.5, 0.6) is 0 Å². The number of hydrogen-bond acceptors (Lipinski definition) is 3. The first kappa shape index (κ1) is 22.0. The lowest BCUT2D eigenvalue weighted by Crippen LogP contribution is -2.38. The van der Waals surface area contributed by atoms with E-state index in [2.05, 4.69) is 83.5 Å². The lowest BCUT2D eigenvalue weighted by Gasteiger charge is -2.14. The maximum Gasteiger partial charge on any atom is 0.191 e. The number of nitrogens with zero attached hydrogens (tertiary/aromatic N) is 4. The maximum absolute atomic E-state index is 4.75. The molecule has 6 nitrogen and oxygen atoms in total. The van der Waals surface area contributed by atoms with Gasteiger partial charge < -0.3 is 15.5 Å². The Balaban J connectivity index is 1.86. The van der Waals surface area contributed by atoms with E-state index in [0.717, 1.165) is 50.8 Å². The van der Waals surface area contributed by atoms with Gasteiger partial charge in [-0.15, -0.1) is 0 Å². The molecule has 2 rings (SSSR count). The average molecular weight is 385 g/mol. The quantitative estimate of drug-likeness (QED) is 0.375. The van der Waals surface area contributed by atoms with Gasteiger partial charge in [0.1, 0.15) is 0 Å². The van der Waals surface area contributed by atoms with Crippen LogP contribution in [0, 0.1) is 13.8 Å². The summed E-state index contributed by atoms with van der Waals surface area (Å²) in [7, 11) is 2.14. The Bertz CT molecular complexity index is 749. The van der Waals surface area contributed by atoms with E-state index < -0.39 is 0 Å². The summed E-state index contributed by atoms with van der Waals surface area (Å²) in [6.45, 7) is 13.7. The average Bonchev–Trinajstić information content (AvgIpc) is 3.00. The Kier molecular flexibility index (Phi) is 9.01. The minimum Gasteiger partial charge on any atom is -0.357 e. The van der Waals surface area contributed by atoms with Crippen molar-refractivity contribution in [1.29, 1.82) is 0 Å². The first-order valence-electron chi connectivity index (χ1n) is 10.3. The molecule has 0 aliphatic rings. The van der Waals surface area contributed by atoms with Gasteiger partial charge in [-0.05, 0) is 58.0 Å². The maximum atomic E-state index is 4.75. The van der Waals surface area contributed by atoms with Crippen molar-refractivity contribution < 1.29 is 0 Å². The molecule has 0 saturated carbocycles. The highest BCUT2D eigenvalue weighted by molar-refractivity contribution is 5.79. The summed E-state index contributed by atoms with van der Waals surface area (Å²) in [5.74, 6) is 0.868. The van der Waals surface area contributed by atoms with Crippen LogP contribution in [0.2, 0.25) is 0 Å². The second-order valence-corrected chi connectivity index (χ2v) is 7.28. The molecular formula is C22H36N6. The fraction of sp³-hybridized carbons (Fsp3) is 0.545. The van der Waals surface area contributed by atoms with Gasteiger partial charge in [-0.3, -0.25) is 4.68 Å². The molecule has 0 radical (unpaired) electrons. The van der Waals surface area contributed by atoms with E-state index in [0.29, 0.717) is 6.54 Å². The van der Waals surface area contributed by atoms with E-state index in [9.17, 15) is 0 Å². The molecule has 0 amide bonds. The highest BCUT2D eigenvalue weighted by Crippen LogP contribution is 2.09. The summed E-state index contributed by atoms with van der Waals surface area (Å²) >= 11 is 0. The summed E-state index contributed by atoms with van der Waals surface area (Å²) in [4.78, 5) is 7.05. The first-order valence-corrected chi connectivity index (χ1v) is 10.3. The van der Waals surface area contributed by atoms with Crippen molar-refractivity contribution in [2.75, 3.05) is 26.7 Å². The summed E-state index contributed by atoms with van der Waals surface area (Å²) < 4.78 is 2.07. The van der Waals surface area contributed by atoms with Crippen molar-refractivity contribution in [3.63, 3.8) is 0 Å². The van der Waals surface area contributed by atoms with Gasteiger partial charge in [0.2, 0.25) is 0 Å². The summed E-state index contributed by atoms with van der Waals surface area (Å²) in [5, 5.41) is 11.3. The molecule has 2 N–H and O–H groups in total. The van der Waals surface area contributed by atoms with Gasteiger partial charge in [0.25, 0.3) is 0 Å². The first-order chi connectivity index (χ1) is 13.5. The molecule has 0 aliphatic carbocycles. The standard InChI is InChI=1S/C22H36N6/c1-6-23-22(24-12-9-13-28-19(4)14-18(3)26-28)25-16-20-10-8-11-21(15-20)17-27(5)7-2/h8,10-11,14-15H,6-7,9,12-13,16-17H2,1-5H3,(H2,23,24,25). The molecule has 0 unspecified atom stereocenters. The number of hydrogen-bond donors (Lipinski definition) is 2. The number of rotatable bonds is 10. The molecule has 1 aromatic carbocycles. The lowest BCUT2D eigenvalue weighted by molar-refractivity contribution is 0.345. The van der Waals surface area contributed by atoms with Gasteiger partial charge in [0.15, 0.2) is 5.96 Å². The Morgan fingerprint density at radius 1 is 1.14 bits per heavy atom. The summed E-state index contributed by atoms with van der Waals surface area (Å²) in [6.07, 6.45) is 1.01. The van der Waals surface area contributed by atoms with Crippen LogP contribution in [0.3, 0.4) is 0 Å². The van der Waals surface area contributed by atoms with Crippen LogP contribution in [-0.4, -0.2) is 47.3 Å². The Labute approximate surface area is 170 Å². The molecule has 154 valence electrons. The highest BCUT2D eigenvalue weighted by atomic mass is 15.3. The predicted octanol–water partition coefficient (Wildman–Crippen LogP) is 3.10. The molecule has 0 fully saturated rings. The zero-order chi connectivity index (χ0) is 20.4. The van der Waals surface area contributed by atoms with Crippen molar-refractivity contribution in [2.45, 2.75) is 53.8 Å². The molecule has 28 heavy (non-hydrogen) atoms. The molecule has 6 heteroatoms. The zero-order valence-electron chi connectivity index (χ0n) is 18.1. The molecule has 2 aromatic rings. The van der Waals surface area contributed by atoms with Crippen molar-refractivity contribution in [3.05, 3.63) is 52.8 Å². The van der Waals surface area contributed by atoms with Crippen LogP contribution in [0.4, 0.5) is 0 Å². The summed E-state index contributed by atoms with van der Waals surface area (Å²) in [5.41, 5.74) is 4.86. The molecule has 0 saturated heterocycles. The van der Waals surface area contributed by atoms with Gasteiger partial charge >= 0.3 is 0 Å². The van der Waals surface area contributed by atoms with E-state index in [-0.39, 0.29) is 0 Å². The molecular weight excluding hydrogens is 348 g/mol. The number of aliphatic imine (C=N–C) groups is 1. The largest absolute Gasteiger partial charge is 0.357 e. The van der Waals surface area contributed by atoms with Crippen LogP contribution in [0.15, 0.2) is 35.3 Å². The van der Waals surface area contributed by atoms with Crippen LogP contribution >= 0.6 is 0 Å². The topological polar surface area (TPSA) is 57.5 Å². The number of nitrogens with one attached hydrogen (secondary N) is 2. The zero-order valence-corrected chi connectivity index (χ0v) is 18.1. The molecule has 0 aliphatic heterocycles. The Hall–Kier alpha value is -2.34. The van der Waals surface area contributed by atoms with Gasteiger partial charge in [-0.25, -0.2) is 4.99 Å². The second kappa shape index (κ2) is 11.5. The monoisotopic (exact) mass is 384 g/mol. The molecule has 1 aromatic heterocycles. The SMILES string of the molecule is CCNC(=NCc1cccc(CN(C)CC)c1)NCCCn1nc(C)cc1C. The molecule has 0 bridgehead atoms. The van der Waals surface area contributed by atoms with E-state index >= 15 is 0 Å².